The van der Waals surface area contributed by atoms with E-state index in [4.69, 9.17) is 4.42 Å². The standard InChI is InChI=1S/C17H16F2N2O3/c18-13-4-3-11(10-14(13)19)16(22)20-12-5-7-21(8-6-12)17(23)15-2-1-9-24-15/h1-4,9-10,12H,5-8H2,(H,20,22). The third-order valence-corrected chi connectivity index (χ3v) is 4.03. The van der Waals surface area contributed by atoms with E-state index < -0.39 is 17.5 Å². The lowest BCUT2D eigenvalue weighted by Gasteiger charge is -2.31. The smallest absolute Gasteiger partial charge is 0.289 e. The van der Waals surface area contributed by atoms with Crippen molar-refractivity contribution in [2.45, 2.75) is 18.9 Å². The molecule has 3 rings (SSSR count). The molecule has 126 valence electrons. The summed E-state index contributed by atoms with van der Waals surface area (Å²) in [6, 6.07) is 6.19. The quantitative estimate of drug-likeness (QED) is 0.938. The number of nitrogens with one attached hydrogen (secondary N) is 1. The van der Waals surface area contributed by atoms with E-state index in [1.54, 1.807) is 17.0 Å². The van der Waals surface area contributed by atoms with E-state index in [1.807, 2.05) is 0 Å². The number of hydrogen-bond acceptors (Lipinski definition) is 3. The van der Waals surface area contributed by atoms with Crippen molar-refractivity contribution >= 4 is 11.8 Å². The Morgan fingerprint density at radius 2 is 1.88 bits per heavy atom. The lowest BCUT2D eigenvalue weighted by Crippen LogP contribution is -2.46. The van der Waals surface area contributed by atoms with E-state index in [1.165, 1.54) is 12.3 Å². The van der Waals surface area contributed by atoms with E-state index >= 15 is 0 Å². The molecule has 0 spiro atoms. The number of rotatable bonds is 3. The molecule has 1 aliphatic heterocycles. The monoisotopic (exact) mass is 334 g/mol. The van der Waals surface area contributed by atoms with Gasteiger partial charge in [-0.05, 0) is 43.2 Å². The summed E-state index contributed by atoms with van der Waals surface area (Å²) in [5, 5.41) is 2.79. The van der Waals surface area contributed by atoms with Gasteiger partial charge in [0.2, 0.25) is 0 Å². The Hall–Kier alpha value is -2.70. The summed E-state index contributed by atoms with van der Waals surface area (Å²) >= 11 is 0. The highest BCUT2D eigenvalue weighted by Crippen LogP contribution is 2.15. The zero-order valence-electron chi connectivity index (χ0n) is 12.8. The van der Waals surface area contributed by atoms with Gasteiger partial charge in [-0.2, -0.15) is 0 Å². The van der Waals surface area contributed by atoms with Gasteiger partial charge in [0.25, 0.3) is 11.8 Å². The van der Waals surface area contributed by atoms with Crippen LogP contribution in [0, 0.1) is 11.6 Å². The Balaban J connectivity index is 1.54. The van der Waals surface area contributed by atoms with Gasteiger partial charge >= 0.3 is 0 Å². The first-order valence-electron chi connectivity index (χ1n) is 7.63. The first-order valence-corrected chi connectivity index (χ1v) is 7.63. The number of carbonyl (C=O) groups excluding carboxylic acids is 2. The van der Waals surface area contributed by atoms with Gasteiger partial charge in [-0.3, -0.25) is 9.59 Å². The number of carbonyl (C=O) groups is 2. The molecule has 1 fully saturated rings. The molecule has 0 bridgehead atoms. The van der Waals surface area contributed by atoms with Crippen molar-refractivity contribution in [2.75, 3.05) is 13.1 Å². The number of halogens is 2. The molecule has 1 aromatic heterocycles. The second kappa shape index (κ2) is 6.82. The number of piperidine rings is 1. The van der Waals surface area contributed by atoms with Gasteiger partial charge < -0.3 is 14.6 Å². The molecule has 1 aromatic carbocycles. The minimum absolute atomic E-state index is 0.0722. The fourth-order valence-electron chi connectivity index (χ4n) is 2.69. The zero-order valence-corrected chi connectivity index (χ0v) is 12.8. The van der Waals surface area contributed by atoms with Gasteiger partial charge in [-0.1, -0.05) is 0 Å². The van der Waals surface area contributed by atoms with Crippen molar-refractivity contribution < 1.29 is 22.8 Å². The first-order chi connectivity index (χ1) is 11.5. The van der Waals surface area contributed by atoms with E-state index in [0.717, 1.165) is 12.1 Å². The second-order valence-electron chi connectivity index (χ2n) is 5.65. The zero-order chi connectivity index (χ0) is 17.1. The maximum Gasteiger partial charge on any atom is 0.289 e. The molecule has 5 nitrogen and oxygen atoms in total. The molecule has 7 heteroatoms. The number of likely N-dealkylation sites (tertiary alicyclic amines) is 1. The average molecular weight is 334 g/mol. The summed E-state index contributed by atoms with van der Waals surface area (Å²) in [6.45, 7) is 0.977. The summed E-state index contributed by atoms with van der Waals surface area (Å²) in [4.78, 5) is 25.9. The molecule has 0 radical (unpaired) electrons. The van der Waals surface area contributed by atoms with Gasteiger partial charge in [0.1, 0.15) is 0 Å². The predicted octanol–water partition coefficient (Wildman–Crippen LogP) is 2.59. The Bertz CT molecular complexity index is 738. The molecule has 1 N–H and O–H groups in total. The summed E-state index contributed by atoms with van der Waals surface area (Å²) in [7, 11) is 0. The summed E-state index contributed by atoms with van der Waals surface area (Å²) in [5.74, 6) is -2.38. The average Bonchev–Trinajstić information content (AvgIpc) is 3.12. The van der Waals surface area contributed by atoms with Crippen LogP contribution >= 0.6 is 0 Å². The minimum atomic E-state index is -1.05. The van der Waals surface area contributed by atoms with Crippen molar-refractivity contribution in [3.63, 3.8) is 0 Å². The fourth-order valence-corrected chi connectivity index (χ4v) is 2.69. The van der Waals surface area contributed by atoms with Gasteiger partial charge in [0, 0.05) is 24.7 Å². The highest BCUT2D eigenvalue weighted by atomic mass is 19.2. The van der Waals surface area contributed by atoms with Crippen LogP contribution in [-0.4, -0.2) is 35.8 Å². The van der Waals surface area contributed by atoms with E-state index in [0.29, 0.717) is 31.7 Å². The van der Waals surface area contributed by atoms with Gasteiger partial charge in [0.05, 0.1) is 6.26 Å². The molecule has 0 atom stereocenters. The molecular weight excluding hydrogens is 318 g/mol. The van der Waals surface area contributed by atoms with Crippen LogP contribution < -0.4 is 5.32 Å². The topological polar surface area (TPSA) is 62.6 Å². The second-order valence-corrected chi connectivity index (χ2v) is 5.65. The van der Waals surface area contributed by atoms with E-state index in [2.05, 4.69) is 5.32 Å². The van der Waals surface area contributed by atoms with Crippen LogP contribution in [0.4, 0.5) is 8.78 Å². The summed E-state index contributed by atoms with van der Waals surface area (Å²) in [5.41, 5.74) is 0.0722. The molecule has 0 aliphatic carbocycles. The number of benzene rings is 1. The highest BCUT2D eigenvalue weighted by Gasteiger charge is 2.26. The van der Waals surface area contributed by atoms with Gasteiger partial charge in [-0.25, -0.2) is 8.78 Å². The normalized spacial score (nSPS) is 15.3. The van der Waals surface area contributed by atoms with Crippen LogP contribution in [-0.2, 0) is 0 Å². The molecule has 0 unspecified atom stereocenters. The van der Waals surface area contributed by atoms with Crippen LogP contribution in [0.25, 0.3) is 0 Å². The third kappa shape index (κ3) is 3.45. The van der Waals surface area contributed by atoms with Crippen molar-refractivity contribution in [3.05, 3.63) is 59.6 Å². The Labute approximate surface area is 137 Å². The van der Waals surface area contributed by atoms with Crippen molar-refractivity contribution in [2.24, 2.45) is 0 Å². The Morgan fingerprint density at radius 1 is 1.12 bits per heavy atom. The van der Waals surface area contributed by atoms with E-state index in [9.17, 15) is 18.4 Å². The number of amides is 2. The van der Waals surface area contributed by atoms with Crippen LogP contribution in [0.1, 0.15) is 33.8 Å². The largest absolute Gasteiger partial charge is 0.459 e. The number of nitrogens with zero attached hydrogens (tertiary/aromatic N) is 1. The maximum atomic E-state index is 13.2. The van der Waals surface area contributed by atoms with Crippen molar-refractivity contribution in [3.8, 4) is 0 Å². The maximum absolute atomic E-state index is 13.2. The van der Waals surface area contributed by atoms with Crippen LogP contribution in [0.5, 0.6) is 0 Å². The van der Waals surface area contributed by atoms with Gasteiger partial charge in [-0.15, -0.1) is 0 Å². The number of hydrogen-bond donors (Lipinski definition) is 1. The summed E-state index contributed by atoms with van der Waals surface area (Å²) in [6.07, 6.45) is 2.62. The molecule has 1 aliphatic rings. The van der Waals surface area contributed by atoms with Crippen LogP contribution in [0.2, 0.25) is 0 Å². The van der Waals surface area contributed by atoms with Crippen molar-refractivity contribution in [1.29, 1.82) is 0 Å². The number of furan rings is 1. The highest BCUT2D eigenvalue weighted by molar-refractivity contribution is 5.94. The fraction of sp³-hybridized carbons (Fsp3) is 0.294. The Kier molecular flexibility index (Phi) is 4.59. The SMILES string of the molecule is O=C(NC1CCN(C(=O)c2ccco2)CC1)c1ccc(F)c(F)c1. The molecule has 2 heterocycles. The summed E-state index contributed by atoms with van der Waals surface area (Å²) < 4.78 is 31.2. The lowest BCUT2D eigenvalue weighted by atomic mass is 10.0. The third-order valence-electron chi connectivity index (χ3n) is 4.03. The van der Waals surface area contributed by atoms with Crippen LogP contribution in [0.3, 0.4) is 0 Å². The van der Waals surface area contributed by atoms with E-state index in [-0.39, 0.29) is 17.5 Å². The predicted molar refractivity (Wildman–Crippen MR) is 81.5 cm³/mol. The lowest BCUT2D eigenvalue weighted by molar-refractivity contribution is 0.0667. The Morgan fingerprint density at radius 3 is 2.50 bits per heavy atom. The molecule has 0 saturated carbocycles. The van der Waals surface area contributed by atoms with Crippen molar-refractivity contribution in [1.82, 2.24) is 10.2 Å². The minimum Gasteiger partial charge on any atom is -0.459 e. The van der Waals surface area contributed by atoms with Crippen LogP contribution in [0.15, 0.2) is 41.0 Å². The molecule has 2 aromatic rings. The molecule has 24 heavy (non-hydrogen) atoms. The first kappa shape index (κ1) is 16.2. The molecule has 2 amide bonds. The van der Waals surface area contributed by atoms with Gasteiger partial charge in [0.15, 0.2) is 17.4 Å². The molecule has 1 saturated heterocycles. The molecular formula is C17H16F2N2O3.